The van der Waals surface area contributed by atoms with Crippen molar-refractivity contribution in [2.75, 3.05) is 0 Å². The monoisotopic (exact) mass is 348 g/mol. The topological polar surface area (TPSA) is 85.2 Å². The zero-order chi connectivity index (χ0) is 17.9. The van der Waals surface area contributed by atoms with Crippen LogP contribution in [-0.4, -0.2) is 15.9 Å². The summed E-state index contributed by atoms with van der Waals surface area (Å²) in [6.45, 7) is 0.0786. The van der Waals surface area contributed by atoms with Crippen LogP contribution in [0.25, 0.3) is 21.9 Å². The van der Waals surface area contributed by atoms with Crippen LogP contribution in [0.1, 0.15) is 18.0 Å². The summed E-state index contributed by atoms with van der Waals surface area (Å²) in [5, 5.41) is 1.50. The molecule has 4 aromatic rings. The summed E-state index contributed by atoms with van der Waals surface area (Å²) in [7, 11) is 0. The van der Waals surface area contributed by atoms with E-state index in [0.29, 0.717) is 28.9 Å². The molecule has 2 heterocycles. The number of hydrogen-bond donors (Lipinski definition) is 1. The van der Waals surface area contributed by atoms with E-state index in [9.17, 15) is 9.59 Å². The Balaban J connectivity index is 1.37. The first kappa shape index (κ1) is 16.1. The van der Waals surface area contributed by atoms with Gasteiger partial charge in [0.15, 0.2) is 0 Å². The van der Waals surface area contributed by atoms with E-state index in [1.807, 2.05) is 36.4 Å². The molecule has 0 radical (unpaired) electrons. The molecule has 130 valence electrons. The number of aromatic amines is 1. The number of aryl methyl sites for hydroxylation is 1. The average molecular weight is 348 g/mol. The second-order valence-electron chi connectivity index (χ2n) is 5.94. The number of carbonyl (C=O) groups is 1. The van der Waals surface area contributed by atoms with Gasteiger partial charge in [0, 0.05) is 11.8 Å². The van der Waals surface area contributed by atoms with Crippen LogP contribution < -0.4 is 5.56 Å². The van der Waals surface area contributed by atoms with Gasteiger partial charge in [-0.2, -0.15) is 0 Å². The van der Waals surface area contributed by atoms with E-state index in [2.05, 4.69) is 9.97 Å². The minimum atomic E-state index is -0.374. The maximum absolute atomic E-state index is 12.0. The molecule has 26 heavy (non-hydrogen) atoms. The number of para-hydroxylation sites is 2. The molecular weight excluding hydrogens is 332 g/mol. The van der Waals surface area contributed by atoms with Gasteiger partial charge in [0.05, 0.1) is 17.3 Å². The lowest BCUT2D eigenvalue weighted by molar-refractivity contribution is -0.145. The fourth-order valence-electron chi connectivity index (χ4n) is 2.81. The van der Waals surface area contributed by atoms with E-state index in [1.54, 1.807) is 18.2 Å². The van der Waals surface area contributed by atoms with Crippen molar-refractivity contribution in [1.29, 1.82) is 0 Å². The van der Waals surface area contributed by atoms with Crippen molar-refractivity contribution < 1.29 is 13.9 Å². The molecule has 0 fully saturated rings. The summed E-state index contributed by atoms with van der Waals surface area (Å²) in [5.41, 5.74) is 1.17. The maximum Gasteiger partial charge on any atom is 0.306 e. The number of ether oxygens (including phenoxy) is 1. The van der Waals surface area contributed by atoms with Gasteiger partial charge in [-0.3, -0.25) is 9.59 Å². The quantitative estimate of drug-likeness (QED) is 0.559. The molecule has 0 spiro atoms. The van der Waals surface area contributed by atoms with Gasteiger partial charge < -0.3 is 14.1 Å². The normalized spacial score (nSPS) is 11.1. The van der Waals surface area contributed by atoms with Crippen LogP contribution in [0, 0.1) is 0 Å². The average Bonchev–Trinajstić information content (AvgIpc) is 3.08. The van der Waals surface area contributed by atoms with Crippen LogP contribution in [0.4, 0.5) is 0 Å². The number of rotatable bonds is 5. The van der Waals surface area contributed by atoms with Gasteiger partial charge in [-0.05, 0) is 24.3 Å². The fourth-order valence-corrected chi connectivity index (χ4v) is 2.81. The molecule has 0 saturated carbocycles. The SMILES string of the molecule is O=C(CCc1nc2ccccc2c(=O)[nH]1)OCc1cc2ccccc2o1. The number of H-pyrrole nitrogens is 1. The Hall–Kier alpha value is -3.41. The Labute approximate surface area is 148 Å². The van der Waals surface area contributed by atoms with Crippen molar-refractivity contribution in [2.24, 2.45) is 0 Å². The molecule has 4 rings (SSSR count). The third kappa shape index (κ3) is 3.35. The van der Waals surface area contributed by atoms with Gasteiger partial charge in [-0.25, -0.2) is 4.98 Å². The zero-order valence-electron chi connectivity index (χ0n) is 13.9. The summed E-state index contributed by atoms with van der Waals surface area (Å²) in [6, 6.07) is 16.6. The van der Waals surface area contributed by atoms with Crippen molar-refractivity contribution in [3.05, 3.63) is 76.5 Å². The smallest absolute Gasteiger partial charge is 0.306 e. The molecular formula is C20H16N2O4. The Morgan fingerprint density at radius 2 is 1.92 bits per heavy atom. The number of esters is 1. The lowest BCUT2D eigenvalue weighted by atomic mass is 10.2. The molecule has 2 aromatic heterocycles. The number of nitrogens with one attached hydrogen (secondary N) is 1. The molecule has 0 atom stereocenters. The number of furan rings is 1. The standard InChI is InChI=1S/C20H16N2O4/c23-19(25-12-14-11-13-5-1-4-8-17(13)26-14)10-9-18-21-16-7-3-2-6-15(16)20(24)22-18/h1-8,11H,9-10,12H2,(H,21,22,24). The Bertz CT molecular complexity index is 1110. The maximum atomic E-state index is 12.0. The lowest BCUT2D eigenvalue weighted by Gasteiger charge is -2.04. The van der Waals surface area contributed by atoms with Crippen molar-refractivity contribution >= 4 is 27.8 Å². The van der Waals surface area contributed by atoms with E-state index in [-0.39, 0.29) is 24.6 Å². The second kappa shape index (κ2) is 6.84. The molecule has 0 aliphatic heterocycles. The van der Waals surface area contributed by atoms with Gasteiger partial charge in [0.25, 0.3) is 5.56 Å². The highest BCUT2D eigenvalue weighted by Crippen LogP contribution is 2.19. The van der Waals surface area contributed by atoms with E-state index in [0.717, 1.165) is 11.0 Å². The van der Waals surface area contributed by atoms with Crippen LogP contribution >= 0.6 is 0 Å². The van der Waals surface area contributed by atoms with Gasteiger partial charge >= 0.3 is 5.97 Å². The van der Waals surface area contributed by atoms with Crippen molar-refractivity contribution in [3.8, 4) is 0 Å². The molecule has 0 unspecified atom stereocenters. The van der Waals surface area contributed by atoms with E-state index < -0.39 is 0 Å². The van der Waals surface area contributed by atoms with Gasteiger partial charge in [-0.1, -0.05) is 30.3 Å². The molecule has 0 amide bonds. The van der Waals surface area contributed by atoms with E-state index >= 15 is 0 Å². The number of carbonyl (C=O) groups excluding carboxylic acids is 1. The Morgan fingerprint density at radius 3 is 2.81 bits per heavy atom. The van der Waals surface area contributed by atoms with Crippen LogP contribution in [0.5, 0.6) is 0 Å². The predicted molar refractivity (Wildman–Crippen MR) is 96.7 cm³/mol. The minimum Gasteiger partial charge on any atom is -0.457 e. The number of nitrogens with zero attached hydrogens (tertiary/aromatic N) is 1. The highest BCUT2D eigenvalue weighted by molar-refractivity contribution is 5.78. The number of benzene rings is 2. The third-order valence-electron chi connectivity index (χ3n) is 4.08. The third-order valence-corrected chi connectivity index (χ3v) is 4.08. The second-order valence-corrected chi connectivity index (χ2v) is 5.94. The molecule has 0 aliphatic carbocycles. The zero-order valence-corrected chi connectivity index (χ0v) is 13.9. The molecule has 0 saturated heterocycles. The molecule has 2 aromatic carbocycles. The van der Waals surface area contributed by atoms with E-state index in [1.165, 1.54) is 0 Å². The Morgan fingerprint density at radius 1 is 1.12 bits per heavy atom. The molecule has 1 N–H and O–H groups in total. The summed E-state index contributed by atoms with van der Waals surface area (Å²) < 4.78 is 10.9. The van der Waals surface area contributed by atoms with Gasteiger partial charge in [0.2, 0.25) is 0 Å². The first-order valence-corrected chi connectivity index (χ1v) is 8.30. The lowest BCUT2D eigenvalue weighted by Crippen LogP contribution is -2.13. The van der Waals surface area contributed by atoms with Crippen molar-refractivity contribution in [2.45, 2.75) is 19.4 Å². The largest absolute Gasteiger partial charge is 0.457 e. The number of fused-ring (bicyclic) bond motifs is 2. The predicted octanol–water partition coefficient (Wildman–Crippen LogP) is 3.35. The minimum absolute atomic E-state index is 0.0786. The van der Waals surface area contributed by atoms with Crippen LogP contribution in [0.3, 0.4) is 0 Å². The Kier molecular flexibility index (Phi) is 4.23. The van der Waals surface area contributed by atoms with Crippen LogP contribution in [-0.2, 0) is 22.6 Å². The number of hydrogen-bond acceptors (Lipinski definition) is 5. The molecule has 0 bridgehead atoms. The van der Waals surface area contributed by atoms with Crippen LogP contribution in [0.2, 0.25) is 0 Å². The first-order valence-electron chi connectivity index (χ1n) is 8.30. The van der Waals surface area contributed by atoms with Crippen LogP contribution in [0.15, 0.2) is 63.8 Å². The summed E-state index contributed by atoms with van der Waals surface area (Å²) in [6.07, 6.45) is 0.431. The van der Waals surface area contributed by atoms with Gasteiger partial charge in [0.1, 0.15) is 23.8 Å². The summed E-state index contributed by atoms with van der Waals surface area (Å²) in [4.78, 5) is 31.1. The first-order chi connectivity index (χ1) is 12.7. The summed E-state index contributed by atoms with van der Waals surface area (Å²) in [5.74, 6) is 0.687. The molecule has 6 heteroatoms. The highest BCUT2D eigenvalue weighted by atomic mass is 16.5. The number of aromatic nitrogens is 2. The van der Waals surface area contributed by atoms with E-state index in [4.69, 9.17) is 9.15 Å². The molecule has 6 nitrogen and oxygen atoms in total. The van der Waals surface area contributed by atoms with Crippen molar-refractivity contribution in [3.63, 3.8) is 0 Å². The molecule has 0 aliphatic rings. The van der Waals surface area contributed by atoms with Gasteiger partial charge in [-0.15, -0.1) is 0 Å². The summed E-state index contributed by atoms with van der Waals surface area (Å²) >= 11 is 0. The fraction of sp³-hybridized carbons (Fsp3) is 0.150. The van der Waals surface area contributed by atoms with Crippen molar-refractivity contribution in [1.82, 2.24) is 9.97 Å². The highest BCUT2D eigenvalue weighted by Gasteiger charge is 2.10.